The molecule has 0 aliphatic rings. The minimum absolute atomic E-state index is 0.265. The van der Waals surface area contributed by atoms with Gasteiger partial charge >= 0.3 is 0 Å². The number of carbonyl (C=O) groups excluding carboxylic acids is 1. The maximum Gasteiger partial charge on any atom is 0.265 e. The molecule has 0 fully saturated rings. The number of nitrogens with one attached hydrogen (secondary N) is 1. The number of aryl methyl sites for hydroxylation is 1. The topological polar surface area (TPSA) is 65.3 Å². The van der Waals surface area contributed by atoms with Gasteiger partial charge in [0, 0.05) is 25.6 Å². The lowest BCUT2D eigenvalue weighted by molar-refractivity contribution is -0.619. The van der Waals surface area contributed by atoms with Gasteiger partial charge in [-0.15, -0.1) is 0 Å². The van der Waals surface area contributed by atoms with Crippen LogP contribution in [0.3, 0.4) is 0 Å². The van der Waals surface area contributed by atoms with Crippen LogP contribution in [-0.4, -0.2) is 12.5 Å². The van der Waals surface area contributed by atoms with E-state index >= 15 is 0 Å². The normalized spacial score (nSPS) is 10.2. The first-order valence-corrected chi connectivity index (χ1v) is 6.77. The highest BCUT2D eigenvalue weighted by Crippen LogP contribution is 2.22. The number of benzene rings is 1. The van der Waals surface area contributed by atoms with Crippen molar-refractivity contribution in [2.75, 3.05) is 11.9 Å². The number of para-hydroxylation sites is 1. The lowest BCUT2D eigenvalue weighted by atomic mass is 10.1. The fourth-order valence-electron chi connectivity index (χ4n) is 2.13. The molecule has 0 aliphatic carbocycles. The third kappa shape index (κ3) is 3.13. The molecule has 0 atom stereocenters. The van der Waals surface area contributed by atoms with Gasteiger partial charge < -0.3 is 15.3 Å². The quantitative estimate of drug-likeness (QED) is 0.694. The number of nitrogens with zero attached hydrogens (tertiary/aromatic N) is 1. The van der Waals surface area contributed by atoms with Crippen molar-refractivity contribution >= 4 is 11.6 Å². The molecule has 0 saturated carbocycles. The molecule has 5 heteroatoms. The van der Waals surface area contributed by atoms with Gasteiger partial charge in [-0.1, -0.05) is 18.2 Å². The van der Waals surface area contributed by atoms with E-state index in [0.717, 1.165) is 4.73 Å². The fraction of sp³-hybridized carbons (Fsp3) is 0.250. The predicted molar refractivity (Wildman–Crippen MR) is 80.4 cm³/mol. The molecule has 21 heavy (non-hydrogen) atoms. The summed E-state index contributed by atoms with van der Waals surface area (Å²) < 4.78 is 6.24. The largest absolute Gasteiger partial charge is 0.618 e. The Balaban J connectivity index is 2.41. The van der Waals surface area contributed by atoms with Crippen molar-refractivity contribution in [1.82, 2.24) is 0 Å². The maximum absolute atomic E-state index is 12.5. The number of rotatable bonds is 4. The molecule has 2 rings (SSSR count). The average Bonchev–Trinajstić information content (AvgIpc) is 2.46. The molecule has 2 aromatic rings. The van der Waals surface area contributed by atoms with Crippen LogP contribution < -0.4 is 14.8 Å². The Morgan fingerprint density at radius 1 is 1.29 bits per heavy atom. The third-order valence-electron chi connectivity index (χ3n) is 3.13. The molecule has 0 unspecified atom stereocenters. The van der Waals surface area contributed by atoms with Gasteiger partial charge in [0.1, 0.15) is 11.3 Å². The summed E-state index contributed by atoms with van der Waals surface area (Å²) in [4.78, 5) is 12.5. The second kappa shape index (κ2) is 6.26. The van der Waals surface area contributed by atoms with E-state index < -0.39 is 0 Å². The van der Waals surface area contributed by atoms with E-state index in [1.807, 2.05) is 25.1 Å². The molecule has 1 aromatic heterocycles. The van der Waals surface area contributed by atoms with Gasteiger partial charge in [-0.25, -0.2) is 0 Å². The van der Waals surface area contributed by atoms with Gasteiger partial charge in [-0.2, -0.15) is 4.73 Å². The molecule has 1 N–H and O–H groups in total. The lowest BCUT2D eigenvalue weighted by Gasteiger charge is -2.14. The first-order chi connectivity index (χ1) is 10.0. The smallest absolute Gasteiger partial charge is 0.265 e. The van der Waals surface area contributed by atoms with Crippen molar-refractivity contribution in [3.63, 3.8) is 0 Å². The third-order valence-corrected chi connectivity index (χ3v) is 3.13. The molecule has 5 nitrogen and oxygen atoms in total. The first kappa shape index (κ1) is 14.8. The van der Waals surface area contributed by atoms with E-state index in [1.54, 1.807) is 32.0 Å². The number of ether oxygens (including phenoxy) is 1. The number of carbonyl (C=O) groups is 1. The Morgan fingerprint density at radius 2 is 1.95 bits per heavy atom. The molecule has 0 spiro atoms. The van der Waals surface area contributed by atoms with E-state index in [9.17, 15) is 10.0 Å². The summed E-state index contributed by atoms with van der Waals surface area (Å²) in [7, 11) is 0. The monoisotopic (exact) mass is 286 g/mol. The minimum atomic E-state index is -0.355. The van der Waals surface area contributed by atoms with Crippen molar-refractivity contribution in [3.8, 4) is 5.75 Å². The van der Waals surface area contributed by atoms with Crippen LogP contribution in [0.4, 0.5) is 5.69 Å². The van der Waals surface area contributed by atoms with Gasteiger partial charge in [-0.3, -0.25) is 4.79 Å². The Morgan fingerprint density at radius 3 is 2.57 bits per heavy atom. The van der Waals surface area contributed by atoms with Crippen molar-refractivity contribution in [2.45, 2.75) is 20.8 Å². The van der Waals surface area contributed by atoms with Crippen LogP contribution in [0.1, 0.15) is 28.7 Å². The zero-order valence-electron chi connectivity index (χ0n) is 12.3. The van der Waals surface area contributed by atoms with Crippen LogP contribution in [0.15, 0.2) is 36.4 Å². The highest BCUT2D eigenvalue weighted by Gasteiger charge is 2.24. The standard InChI is InChI=1S/C16H18N2O3/c1-4-21-14-10-11(2)18(20)12(3)15(14)16(19)17-13-8-6-5-7-9-13/h5-10H,4H2,1-3H3,(H,17,19). The number of aromatic nitrogens is 1. The summed E-state index contributed by atoms with van der Waals surface area (Å²) in [6.45, 7) is 5.55. The van der Waals surface area contributed by atoms with Crippen LogP contribution in [0.25, 0.3) is 0 Å². The second-order valence-electron chi connectivity index (χ2n) is 4.66. The Labute approximate surface area is 123 Å². The summed E-state index contributed by atoms with van der Waals surface area (Å²) in [6.07, 6.45) is 0. The molecule has 1 heterocycles. The van der Waals surface area contributed by atoms with Gasteiger partial charge in [0.25, 0.3) is 5.91 Å². The summed E-state index contributed by atoms with van der Waals surface area (Å²) >= 11 is 0. The van der Waals surface area contributed by atoms with Crippen LogP contribution in [0, 0.1) is 19.1 Å². The molecule has 0 aliphatic heterocycles. The SMILES string of the molecule is CCOc1cc(C)[n+]([O-])c(C)c1C(=O)Nc1ccccc1. The Hall–Kier alpha value is -2.56. The van der Waals surface area contributed by atoms with E-state index in [1.165, 1.54) is 0 Å². The Kier molecular flexibility index (Phi) is 4.42. The number of hydrogen-bond acceptors (Lipinski definition) is 3. The second-order valence-corrected chi connectivity index (χ2v) is 4.66. The zero-order valence-corrected chi connectivity index (χ0v) is 12.3. The van der Waals surface area contributed by atoms with E-state index in [2.05, 4.69) is 5.32 Å². The molecule has 0 radical (unpaired) electrons. The van der Waals surface area contributed by atoms with Gasteiger partial charge in [0.05, 0.1) is 6.61 Å². The predicted octanol–water partition coefficient (Wildman–Crippen LogP) is 2.59. The average molecular weight is 286 g/mol. The van der Waals surface area contributed by atoms with Gasteiger partial charge in [0.15, 0.2) is 5.69 Å². The minimum Gasteiger partial charge on any atom is -0.618 e. The van der Waals surface area contributed by atoms with Crippen molar-refractivity contribution in [2.24, 2.45) is 0 Å². The lowest BCUT2D eigenvalue weighted by Crippen LogP contribution is -2.36. The highest BCUT2D eigenvalue weighted by molar-refractivity contribution is 6.06. The molecular weight excluding hydrogens is 268 g/mol. The number of hydrogen-bond donors (Lipinski definition) is 1. The summed E-state index contributed by atoms with van der Waals surface area (Å²) in [6, 6.07) is 10.7. The molecule has 0 saturated heterocycles. The van der Waals surface area contributed by atoms with E-state index in [-0.39, 0.29) is 11.5 Å². The molecular formula is C16H18N2O3. The molecule has 0 bridgehead atoms. The van der Waals surface area contributed by atoms with Gasteiger partial charge in [0.2, 0.25) is 5.69 Å². The van der Waals surface area contributed by atoms with E-state index in [0.29, 0.717) is 29.4 Å². The summed E-state index contributed by atoms with van der Waals surface area (Å²) in [5, 5.41) is 14.8. The summed E-state index contributed by atoms with van der Waals surface area (Å²) in [5.74, 6) is 0.0692. The van der Waals surface area contributed by atoms with E-state index in [4.69, 9.17) is 4.74 Å². The van der Waals surface area contributed by atoms with Crippen molar-refractivity contribution < 1.29 is 14.3 Å². The van der Waals surface area contributed by atoms with Crippen LogP contribution >= 0.6 is 0 Å². The highest BCUT2D eigenvalue weighted by atomic mass is 16.5. The first-order valence-electron chi connectivity index (χ1n) is 6.77. The Bertz CT molecular complexity index is 654. The maximum atomic E-state index is 12.5. The number of anilines is 1. The zero-order chi connectivity index (χ0) is 15.4. The number of amides is 1. The fourth-order valence-corrected chi connectivity index (χ4v) is 2.13. The molecule has 110 valence electrons. The van der Waals surface area contributed by atoms with Crippen LogP contribution in [0.5, 0.6) is 5.75 Å². The van der Waals surface area contributed by atoms with Crippen molar-refractivity contribution in [3.05, 3.63) is 58.6 Å². The summed E-state index contributed by atoms with van der Waals surface area (Å²) in [5.41, 5.74) is 1.75. The molecule has 1 aromatic carbocycles. The van der Waals surface area contributed by atoms with Gasteiger partial charge in [-0.05, 0) is 19.1 Å². The number of pyridine rings is 1. The van der Waals surface area contributed by atoms with Crippen molar-refractivity contribution in [1.29, 1.82) is 0 Å². The van der Waals surface area contributed by atoms with Crippen LogP contribution in [-0.2, 0) is 0 Å². The van der Waals surface area contributed by atoms with Crippen LogP contribution in [0.2, 0.25) is 0 Å². The molecule has 1 amide bonds.